The van der Waals surface area contributed by atoms with Crippen molar-refractivity contribution in [1.82, 2.24) is 14.9 Å². The van der Waals surface area contributed by atoms with Gasteiger partial charge in [-0.15, -0.1) is 0 Å². The van der Waals surface area contributed by atoms with Gasteiger partial charge in [-0.3, -0.25) is 4.79 Å². The Morgan fingerprint density at radius 1 is 1.32 bits per heavy atom. The zero-order chi connectivity index (χ0) is 17.6. The average Bonchev–Trinajstić information content (AvgIpc) is 3.14. The zero-order valence-corrected chi connectivity index (χ0v) is 14.9. The molecule has 1 aromatic carbocycles. The number of hydrogen-bond donors (Lipinski definition) is 1. The number of fused-ring (bicyclic) bond motifs is 1. The highest BCUT2D eigenvalue weighted by Crippen LogP contribution is 2.36. The van der Waals surface area contributed by atoms with E-state index in [1.165, 1.54) is 5.56 Å². The summed E-state index contributed by atoms with van der Waals surface area (Å²) in [7, 11) is 0. The van der Waals surface area contributed by atoms with Gasteiger partial charge in [-0.25, -0.2) is 4.98 Å². The van der Waals surface area contributed by atoms with E-state index in [-0.39, 0.29) is 17.9 Å². The Bertz CT molecular complexity index is 926. The van der Waals surface area contributed by atoms with Crippen LogP contribution in [0.1, 0.15) is 61.6 Å². The van der Waals surface area contributed by atoms with Crippen LogP contribution in [0.2, 0.25) is 0 Å². The summed E-state index contributed by atoms with van der Waals surface area (Å²) in [4.78, 5) is 17.0. The van der Waals surface area contributed by atoms with E-state index in [0.29, 0.717) is 17.6 Å². The van der Waals surface area contributed by atoms with Gasteiger partial charge >= 0.3 is 0 Å². The lowest BCUT2D eigenvalue weighted by atomic mass is 9.87. The Balaban J connectivity index is 1.49. The fraction of sp³-hybridized carbons (Fsp3) is 0.400. The van der Waals surface area contributed by atoms with E-state index in [0.717, 1.165) is 23.9 Å². The molecule has 0 spiro atoms. The first kappa shape index (κ1) is 15.9. The number of carbonyl (C=O) groups excluding carboxylic acids is 1. The molecule has 2 aromatic heterocycles. The van der Waals surface area contributed by atoms with Crippen molar-refractivity contribution >= 4 is 17.0 Å². The molecule has 5 heteroatoms. The molecule has 1 aliphatic carbocycles. The molecule has 0 aliphatic heterocycles. The third kappa shape index (κ3) is 3.18. The van der Waals surface area contributed by atoms with Gasteiger partial charge in [0.05, 0.1) is 6.54 Å². The summed E-state index contributed by atoms with van der Waals surface area (Å²) in [6.07, 6.45) is 4.27. The molecule has 3 aromatic rings. The molecular formula is C20H23N3O2. The second kappa shape index (κ2) is 5.76. The summed E-state index contributed by atoms with van der Waals surface area (Å²) in [5.41, 5.74) is 3.56. The van der Waals surface area contributed by atoms with Crippen molar-refractivity contribution in [2.45, 2.75) is 51.6 Å². The van der Waals surface area contributed by atoms with Gasteiger partial charge in [0.2, 0.25) is 5.89 Å². The monoisotopic (exact) mass is 337 g/mol. The van der Waals surface area contributed by atoms with E-state index >= 15 is 0 Å². The van der Waals surface area contributed by atoms with E-state index in [9.17, 15) is 4.79 Å². The fourth-order valence-electron chi connectivity index (χ4n) is 3.02. The maximum Gasteiger partial charge on any atom is 0.268 e. The minimum absolute atomic E-state index is 0.0652. The smallest absolute Gasteiger partial charge is 0.268 e. The molecule has 4 rings (SSSR count). The number of benzene rings is 1. The second-order valence-corrected chi connectivity index (χ2v) is 7.75. The van der Waals surface area contributed by atoms with Crippen LogP contribution in [0.4, 0.5) is 0 Å². The van der Waals surface area contributed by atoms with Crippen molar-refractivity contribution in [3.63, 3.8) is 0 Å². The summed E-state index contributed by atoms with van der Waals surface area (Å²) in [5, 5.41) is 2.91. The summed E-state index contributed by atoms with van der Waals surface area (Å²) in [6, 6.07) is 10.3. The van der Waals surface area contributed by atoms with Gasteiger partial charge in [-0.2, -0.15) is 0 Å². The van der Waals surface area contributed by atoms with Gasteiger partial charge in [0.25, 0.3) is 5.91 Å². The topological polar surface area (TPSA) is 60.1 Å². The van der Waals surface area contributed by atoms with Gasteiger partial charge in [0.15, 0.2) is 5.58 Å². The SMILES string of the molecule is CC(C)(C)c1ccc2oc(CNC(=O)c3cccn3C3CC3)nc2c1. The van der Waals surface area contributed by atoms with E-state index < -0.39 is 0 Å². The van der Waals surface area contributed by atoms with Crippen LogP contribution in [0.15, 0.2) is 40.9 Å². The number of amides is 1. The molecular weight excluding hydrogens is 314 g/mol. The van der Waals surface area contributed by atoms with Crippen LogP contribution < -0.4 is 5.32 Å². The highest BCUT2D eigenvalue weighted by molar-refractivity contribution is 5.92. The van der Waals surface area contributed by atoms with Crippen LogP contribution in [-0.2, 0) is 12.0 Å². The third-order valence-corrected chi connectivity index (χ3v) is 4.65. The van der Waals surface area contributed by atoms with E-state index in [1.807, 2.05) is 24.4 Å². The largest absolute Gasteiger partial charge is 0.439 e. The van der Waals surface area contributed by atoms with Crippen molar-refractivity contribution < 1.29 is 9.21 Å². The Labute approximate surface area is 147 Å². The van der Waals surface area contributed by atoms with Gasteiger partial charge in [0.1, 0.15) is 11.2 Å². The normalized spacial score (nSPS) is 14.8. The average molecular weight is 337 g/mol. The number of rotatable bonds is 4. The molecule has 0 unspecified atom stereocenters. The Morgan fingerprint density at radius 2 is 2.12 bits per heavy atom. The standard InChI is InChI=1S/C20H23N3O2/c1-20(2,3)13-6-9-17-15(11-13)22-18(25-17)12-21-19(24)16-5-4-10-23(16)14-7-8-14/h4-6,9-11,14H,7-8,12H2,1-3H3,(H,21,24). The van der Waals surface area contributed by atoms with Gasteiger partial charge < -0.3 is 14.3 Å². The first-order valence-electron chi connectivity index (χ1n) is 8.77. The molecule has 2 heterocycles. The van der Waals surface area contributed by atoms with Crippen LogP contribution in [-0.4, -0.2) is 15.5 Å². The Morgan fingerprint density at radius 3 is 2.84 bits per heavy atom. The Hall–Kier alpha value is -2.56. The molecule has 1 fully saturated rings. The minimum atomic E-state index is -0.0884. The molecule has 0 radical (unpaired) electrons. The molecule has 5 nitrogen and oxygen atoms in total. The molecule has 0 atom stereocenters. The van der Waals surface area contributed by atoms with Crippen LogP contribution in [0.25, 0.3) is 11.1 Å². The van der Waals surface area contributed by atoms with Crippen molar-refractivity contribution in [2.24, 2.45) is 0 Å². The number of oxazole rings is 1. The van der Waals surface area contributed by atoms with Crippen LogP contribution in [0.5, 0.6) is 0 Å². The van der Waals surface area contributed by atoms with Gasteiger partial charge in [-0.1, -0.05) is 26.8 Å². The van der Waals surface area contributed by atoms with Gasteiger partial charge in [0, 0.05) is 12.2 Å². The molecule has 25 heavy (non-hydrogen) atoms. The fourth-order valence-corrected chi connectivity index (χ4v) is 3.02. The predicted molar refractivity (Wildman–Crippen MR) is 96.6 cm³/mol. The lowest BCUT2D eigenvalue weighted by molar-refractivity contribution is 0.0938. The zero-order valence-electron chi connectivity index (χ0n) is 14.9. The molecule has 1 saturated carbocycles. The second-order valence-electron chi connectivity index (χ2n) is 7.75. The number of carbonyl (C=O) groups is 1. The van der Waals surface area contributed by atoms with Gasteiger partial charge in [-0.05, 0) is 48.1 Å². The van der Waals surface area contributed by atoms with Crippen molar-refractivity contribution in [2.75, 3.05) is 0 Å². The number of aromatic nitrogens is 2. The third-order valence-electron chi connectivity index (χ3n) is 4.65. The van der Waals surface area contributed by atoms with Crippen molar-refractivity contribution in [3.8, 4) is 0 Å². The Kier molecular flexibility index (Phi) is 3.67. The molecule has 130 valence electrons. The molecule has 1 aliphatic rings. The summed E-state index contributed by atoms with van der Waals surface area (Å²) in [6.45, 7) is 6.80. The lowest BCUT2D eigenvalue weighted by Crippen LogP contribution is -2.25. The summed E-state index contributed by atoms with van der Waals surface area (Å²) < 4.78 is 7.81. The van der Waals surface area contributed by atoms with Crippen LogP contribution >= 0.6 is 0 Å². The van der Waals surface area contributed by atoms with Crippen molar-refractivity contribution in [1.29, 1.82) is 0 Å². The van der Waals surface area contributed by atoms with Crippen molar-refractivity contribution in [3.05, 3.63) is 53.7 Å². The predicted octanol–water partition coefficient (Wildman–Crippen LogP) is 4.19. The first-order valence-corrected chi connectivity index (χ1v) is 8.77. The molecule has 1 N–H and O–H groups in total. The number of hydrogen-bond acceptors (Lipinski definition) is 3. The van der Waals surface area contributed by atoms with E-state index in [2.05, 4.69) is 47.8 Å². The number of nitrogens with one attached hydrogen (secondary N) is 1. The van der Waals surface area contributed by atoms with Crippen LogP contribution in [0, 0.1) is 0 Å². The number of nitrogens with zero attached hydrogens (tertiary/aromatic N) is 2. The molecule has 1 amide bonds. The van der Waals surface area contributed by atoms with E-state index in [1.54, 1.807) is 0 Å². The highest BCUT2D eigenvalue weighted by atomic mass is 16.3. The quantitative estimate of drug-likeness (QED) is 0.776. The maximum absolute atomic E-state index is 12.4. The van der Waals surface area contributed by atoms with Crippen LogP contribution in [0.3, 0.4) is 0 Å². The first-order chi connectivity index (χ1) is 11.9. The highest BCUT2D eigenvalue weighted by Gasteiger charge is 2.26. The lowest BCUT2D eigenvalue weighted by Gasteiger charge is -2.18. The van der Waals surface area contributed by atoms with E-state index in [4.69, 9.17) is 4.42 Å². The minimum Gasteiger partial charge on any atom is -0.439 e. The molecule has 0 bridgehead atoms. The maximum atomic E-state index is 12.4. The summed E-state index contributed by atoms with van der Waals surface area (Å²) in [5.74, 6) is 0.438. The molecule has 0 saturated heterocycles. The summed E-state index contributed by atoms with van der Waals surface area (Å²) >= 11 is 0.